The molecule has 0 saturated carbocycles. The number of nitrogens with one attached hydrogen (secondary N) is 1. The predicted octanol–water partition coefficient (Wildman–Crippen LogP) is 2.74. The second kappa shape index (κ2) is 7.56. The Morgan fingerprint density at radius 3 is 2.58 bits per heavy atom. The largest absolute Gasteiger partial charge is 0.483 e. The molecule has 1 aliphatic heterocycles. The number of anilines is 1. The zero-order chi connectivity index (χ0) is 18.7. The summed E-state index contributed by atoms with van der Waals surface area (Å²) in [6.07, 6.45) is 0.433. The molecule has 1 heterocycles. The number of hydrogen-bond acceptors (Lipinski definition) is 3. The molecule has 136 valence electrons. The third kappa shape index (κ3) is 3.69. The molecule has 3 rings (SSSR count). The van der Waals surface area contributed by atoms with Crippen LogP contribution in [0.4, 0.5) is 10.1 Å². The number of carbonyl (C=O) groups is 2. The van der Waals surface area contributed by atoms with Gasteiger partial charge in [0.2, 0.25) is 5.91 Å². The first-order valence-corrected chi connectivity index (χ1v) is 8.51. The summed E-state index contributed by atoms with van der Waals surface area (Å²) in [5.74, 6) is -0.462. The number of rotatable bonds is 5. The van der Waals surface area contributed by atoms with Crippen molar-refractivity contribution in [1.82, 2.24) is 5.32 Å². The van der Waals surface area contributed by atoms with Gasteiger partial charge in [-0.15, -0.1) is 0 Å². The summed E-state index contributed by atoms with van der Waals surface area (Å²) < 4.78 is 19.5. The van der Waals surface area contributed by atoms with Gasteiger partial charge in [0.15, 0.2) is 6.61 Å². The van der Waals surface area contributed by atoms with Gasteiger partial charge >= 0.3 is 0 Å². The lowest BCUT2D eigenvalue weighted by atomic mass is 10.1. The van der Waals surface area contributed by atoms with Crippen molar-refractivity contribution in [2.24, 2.45) is 0 Å². The molecule has 0 radical (unpaired) electrons. The summed E-state index contributed by atoms with van der Waals surface area (Å²) in [6.45, 7) is 4.01. The van der Waals surface area contributed by atoms with Crippen LogP contribution in [-0.2, 0) is 9.59 Å². The second-order valence-electron chi connectivity index (χ2n) is 6.36. The van der Waals surface area contributed by atoms with Crippen molar-refractivity contribution in [3.63, 3.8) is 0 Å². The number of nitrogens with zero attached hydrogens (tertiary/aromatic N) is 1. The molecular weight excluding hydrogens is 335 g/mol. The number of benzene rings is 2. The van der Waals surface area contributed by atoms with Crippen molar-refractivity contribution in [3.8, 4) is 5.75 Å². The number of aryl methyl sites for hydroxylation is 2. The van der Waals surface area contributed by atoms with Crippen LogP contribution in [0.5, 0.6) is 5.75 Å². The van der Waals surface area contributed by atoms with Crippen molar-refractivity contribution in [3.05, 3.63) is 59.4 Å². The van der Waals surface area contributed by atoms with Gasteiger partial charge in [0, 0.05) is 6.54 Å². The lowest BCUT2D eigenvalue weighted by Gasteiger charge is -2.18. The highest BCUT2D eigenvalue weighted by atomic mass is 19.1. The average Bonchev–Trinajstić information content (AvgIpc) is 2.95. The minimum Gasteiger partial charge on any atom is -0.483 e. The van der Waals surface area contributed by atoms with Crippen LogP contribution < -0.4 is 15.0 Å². The van der Waals surface area contributed by atoms with Crippen molar-refractivity contribution >= 4 is 17.5 Å². The van der Waals surface area contributed by atoms with E-state index in [1.54, 1.807) is 18.2 Å². The van der Waals surface area contributed by atoms with Crippen LogP contribution in [0.2, 0.25) is 0 Å². The first-order chi connectivity index (χ1) is 12.5. The molecule has 1 fully saturated rings. The summed E-state index contributed by atoms with van der Waals surface area (Å²) in [6, 6.07) is 11.2. The normalized spacial score (nSPS) is 16.7. The second-order valence-corrected chi connectivity index (χ2v) is 6.36. The summed E-state index contributed by atoms with van der Waals surface area (Å²) in [5, 5.41) is 2.68. The van der Waals surface area contributed by atoms with E-state index in [9.17, 15) is 14.0 Å². The van der Waals surface area contributed by atoms with E-state index >= 15 is 0 Å². The molecule has 1 atom stereocenters. The molecule has 26 heavy (non-hydrogen) atoms. The van der Waals surface area contributed by atoms with Crippen LogP contribution in [0.25, 0.3) is 0 Å². The fourth-order valence-electron chi connectivity index (χ4n) is 3.12. The van der Waals surface area contributed by atoms with E-state index in [1.807, 2.05) is 32.0 Å². The van der Waals surface area contributed by atoms with E-state index < -0.39 is 11.9 Å². The highest BCUT2D eigenvalue weighted by Gasteiger charge is 2.34. The molecule has 1 N–H and O–H groups in total. The fourth-order valence-corrected chi connectivity index (χ4v) is 3.12. The van der Waals surface area contributed by atoms with Gasteiger partial charge in [-0.1, -0.05) is 30.3 Å². The quantitative estimate of drug-likeness (QED) is 0.896. The van der Waals surface area contributed by atoms with E-state index in [1.165, 1.54) is 11.0 Å². The highest BCUT2D eigenvalue weighted by Crippen LogP contribution is 2.25. The molecule has 5 nitrogen and oxygen atoms in total. The van der Waals surface area contributed by atoms with Gasteiger partial charge in [-0.05, 0) is 43.5 Å². The van der Waals surface area contributed by atoms with E-state index in [-0.39, 0.29) is 24.1 Å². The Morgan fingerprint density at radius 1 is 1.19 bits per heavy atom. The van der Waals surface area contributed by atoms with Gasteiger partial charge in [-0.3, -0.25) is 9.59 Å². The molecule has 0 spiro atoms. The van der Waals surface area contributed by atoms with E-state index in [0.29, 0.717) is 18.7 Å². The maximum atomic E-state index is 13.9. The molecule has 1 saturated heterocycles. The first kappa shape index (κ1) is 17.9. The fraction of sp³-hybridized carbons (Fsp3) is 0.300. The van der Waals surface area contributed by atoms with Gasteiger partial charge in [-0.2, -0.15) is 0 Å². The summed E-state index contributed by atoms with van der Waals surface area (Å²) in [5.41, 5.74) is 2.13. The predicted molar refractivity (Wildman–Crippen MR) is 96.7 cm³/mol. The zero-order valence-corrected chi connectivity index (χ0v) is 14.8. The highest BCUT2D eigenvalue weighted by molar-refractivity contribution is 6.01. The number of hydrogen-bond donors (Lipinski definition) is 1. The summed E-state index contributed by atoms with van der Waals surface area (Å²) in [7, 11) is 0. The van der Waals surface area contributed by atoms with Gasteiger partial charge in [0.05, 0.1) is 5.69 Å². The number of para-hydroxylation sites is 2. The Morgan fingerprint density at radius 2 is 1.88 bits per heavy atom. The molecule has 0 aliphatic carbocycles. The van der Waals surface area contributed by atoms with Gasteiger partial charge < -0.3 is 15.0 Å². The third-order valence-electron chi connectivity index (χ3n) is 4.44. The lowest BCUT2D eigenvalue weighted by molar-refractivity contribution is -0.127. The maximum Gasteiger partial charge on any atom is 0.258 e. The Balaban J connectivity index is 1.59. The number of amides is 2. The Bertz CT molecular complexity index is 817. The minimum absolute atomic E-state index is 0.171. The van der Waals surface area contributed by atoms with E-state index in [4.69, 9.17) is 4.74 Å². The Labute approximate surface area is 151 Å². The SMILES string of the molecule is Cc1cccc(C)c1OCC(=O)NC1CCN(c2ccccc2F)C1=O. The van der Waals surface area contributed by atoms with Crippen molar-refractivity contribution in [1.29, 1.82) is 0 Å². The smallest absolute Gasteiger partial charge is 0.258 e. The molecule has 1 aliphatic rings. The van der Waals surface area contributed by atoms with Crippen LogP contribution in [0.1, 0.15) is 17.5 Å². The molecule has 2 aromatic rings. The standard InChI is InChI=1S/C20H21FN2O3/c1-13-6-5-7-14(2)19(13)26-12-18(24)22-16-10-11-23(20(16)25)17-9-4-3-8-15(17)21/h3-9,16H,10-12H2,1-2H3,(H,22,24). The van der Waals surface area contributed by atoms with Crippen LogP contribution >= 0.6 is 0 Å². The van der Waals surface area contributed by atoms with E-state index in [2.05, 4.69) is 5.32 Å². The Kier molecular flexibility index (Phi) is 5.21. The Hall–Kier alpha value is -2.89. The molecule has 1 unspecified atom stereocenters. The van der Waals surface area contributed by atoms with Gasteiger partial charge in [0.1, 0.15) is 17.6 Å². The van der Waals surface area contributed by atoms with Crippen LogP contribution in [0.3, 0.4) is 0 Å². The number of carbonyl (C=O) groups excluding carboxylic acids is 2. The van der Waals surface area contributed by atoms with Crippen LogP contribution in [0.15, 0.2) is 42.5 Å². The topological polar surface area (TPSA) is 58.6 Å². The van der Waals surface area contributed by atoms with Crippen LogP contribution in [0, 0.1) is 19.7 Å². The molecule has 0 bridgehead atoms. The average molecular weight is 356 g/mol. The monoisotopic (exact) mass is 356 g/mol. The lowest BCUT2D eigenvalue weighted by Crippen LogP contribution is -2.43. The van der Waals surface area contributed by atoms with Crippen molar-refractivity contribution < 1.29 is 18.7 Å². The molecule has 0 aromatic heterocycles. The first-order valence-electron chi connectivity index (χ1n) is 8.51. The molecule has 2 aromatic carbocycles. The van der Waals surface area contributed by atoms with Crippen molar-refractivity contribution in [2.75, 3.05) is 18.1 Å². The number of ether oxygens (including phenoxy) is 1. The number of halogens is 1. The van der Waals surface area contributed by atoms with E-state index in [0.717, 1.165) is 11.1 Å². The molecule has 6 heteroatoms. The summed E-state index contributed by atoms with van der Waals surface area (Å²) in [4.78, 5) is 26.0. The van der Waals surface area contributed by atoms with Crippen LogP contribution in [-0.4, -0.2) is 31.0 Å². The summed E-state index contributed by atoms with van der Waals surface area (Å²) >= 11 is 0. The van der Waals surface area contributed by atoms with Gasteiger partial charge in [0.25, 0.3) is 5.91 Å². The minimum atomic E-state index is -0.663. The molecule has 2 amide bonds. The van der Waals surface area contributed by atoms with Gasteiger partial charge in [-0.25, -0.2) is 4.39 Å². The molecular formula is C20H21FN2O3. The third-order valence-corrected chi connectivity index (χ3v) is 4.44. The van der Waals surface area contributed by atoms with Crippen molar-refractivity contribution in [2.45, 2.75) is 26.3 Å². The maximum absolute atomic E-state index is 13.9. The zero-order valence-electron chi connectivity index (χ0n) is 14.8.